The number of carbonyl (C=O) groups excluding carboxylic acids is 3. The van der Waals surface area contributed by atoms with Crippen LogP contribution in [0.3, 0.4) is 0 Å². The van der Waals surface area contributed by atoms with Gasteiger partial charge in [0.2, 0.25) is 6.10 Å². The molecule has 0 aliphatic carbocycles. The molecule has 0 spiro atoms. The number of fused-ring (bicyclic) bond motifs is 1. The number of nitrogens with zero attached hydrogens (tertiary/aromatic N) is 3. The van der Waals surface area contributed by atoms with E-state index in [4.69, 9.17) is 21.1 Å². The first-order valence-electron chi connectivity index (χ1n) is 14.3. The van der Waals surface area contributed by atoms with Gasteiger partial charge in [-0.05, 0) is 36.8 Å². The third-order valence-electron chi connectivity index (χ3n) is 7.25. The number of amides is 2. The van der Waals surface area contributed by atoms with Gasteiger partial charge in [-0.15, -0.1) is 0 Å². The molecule has 10 heteroatoms. The second kappa shape index (κ2) is 14.3. The second-order valence-electron chi connectivity index (χ2n) is 10.3. The molecule has 0 N–H and O–H groups in total. The smallest absolute Gasteiger partial charge is 0.422 e. The average molecular weight is 582 g/mol. The van der Waals surface area contributed by atoms with Crippen molar-refractivity contribution in [2.45, 2.75) is 77.2 Å². The van der Waals surface area contributed by atoms with Crippen molar-refractivity contribution in [3.63, 3.8) is 0 Å². The van der Waals surface area contributed by atoms with E-state index in [9.17, 15) is 19.2 Å². The van der Waals surface area contributed by atoms with Crippen molar-refractivity contribution in [3.8, 4) is 0 Å². The van der Waals surface area contributed by atoms with Crippen LogP contribution in [0.5, 0.6) is 0 Å². The van der Waals surface area contributed by atoms with Gasteiger partial charge in [0.25, 0.3) is 11.5 Å². The molecule has 1 saturated heterocycles. The molecule has 1 aliphatic heterocycles. The van der Waals surface area contributed by atoms with Crippen molar-refractivity contribution in [3.05, 3.63) is 69.2 Å². The van der Waals surface area contributed by atoms with Gasteiger partial charge in [-0.3, -0.25) is 14.2 Å². The highest BCUT2D eigenvalue weighted by molar-refractivity contribution is 6.35. The summed E-state index contributed by atoms with van der Waals surface area (Å²) < 4.78 is 12.0. The number of para-hydroxylation sites is 1. The molecular formula is C31H36ClN3O6. The number of rotatable bonds is 14. The molecule has 4 rings (SSSR count). The number of carbonyl (C=O) groups is 3. The molecular weight excluding hydrogens is 546 g/mol. The van der Waals surface area contributed by atoms with Crippen LogP contribution >= 0.6 is 11.6 Å². The number of benzene rings is 2. The number of anilines is 1. The van der Waals surface area contributed by atoms with Crippen LogP contribution in [0.4, 0.5) is 10.5 Å². The van der Waals surface area contributed by atoms with Crippen LogP contribution in [0.1, 0.15) is 93.4 Å². The number of cyclic esters (lactones) is 1. The summed E-state index contributed by atoms with van der Waals surface area (Å²) in [6.45, 7) is 2.50. The fourth-order valence-corrected chi connectivity index (χ4v) is 5.11. The lowest BCUT2D eigenvalue weighted by molar-refractivity contribution is -0.122. The number of aromatic nitrogens is 2. The minimum Gasteiger partial charge on any atom is -0.462 e. The van der Waals surface area contributed by atoms with Gasteiger partial charge >= 0.3 is 12.1 Å². The maximum absolute atomic E-state index is 13.4. The average Bonchev–Trinajstić information content (AvgIpc) is 3.26. The van der Waals surface area contributed by atoms with Crippen LogP contribution in [0, 0.1) is 0 Å². The first kappa shape index (κ1) is 30.2. The third-order valence-corrected chi connectivity index (χ3v) is 7.57. The molecule has 2 aromatic carbocycles. The van der Waals surface area contributed by atoms with E-state index in [2.05, 4.69) is 11.9 Å². The first-order chi connectivity index (χ1) is 19.8. The topological polar surface area (TPSA) is 108 Å². The molecule has 2 amide bonds. The molecule has 1 atom stereocenters. The Morgan fingerprint density at radius 1 is 0.951 bits per heavy atom. The quantitative estimate of drug-likeness (QED) is 0.151. The molecule has 1 fully saturated rings. The van der Waals surface area contributed by atoms with Gasteiger partial charge in [-0.1, -0.05) is 88.4 Å². The zero-order chi connectivity index (χ0) is 29.4. The fraction of sp³-hybridized carbons (Fsp3) is 0.452. The summed E-state index contributed by atoms with van der Waals surface area (Å²) in [5.74, 6) is -1.36. The summed E-state index contributed by atoms with van der Waals surface area (Å²) >= 11 is 6.34. The summed E-state index contributed by atoms with van der Waals surface area (Å²) in [6, 6.07) is 10.9. The second-order valence-corrected chi connectivity index (χ2v) is 10.7. The fourth-order valence-electron chi connectivity index (χ4n) is 4.91. The Morgan fingerprint density at radius 2 is 1.61 bits per heavy atom. The summed E-state index contributed by atoms with van der Waals surface area (Å²) in [6.07, 6.45) is 9.29. The zero-order valence-corrected chi connectivity index (χ0v) is 24.3. The van der Waals surface area contributed by atoms with Crippen molar-refractivity contribution in [1.82, 2.24) is 9.55 Å². The highest BCUT2D eigenvalue weighted by Gasteiger charge is 2.45. The number of hydrogen-bond donors (Lipinski definition) is 0. The Bertz CT molecular complexity index is 1470. The molecule has 3 aromatic rings. The predicted molar refractivity (Wildman–Crippen MR) is 157 cm³/mol. The minimum atomic E-state index is -1.45. The highest BCUT2D eigenvalue weighted by atomic mass is 35.5. The number of esters is 1. The lowest BCUT2D eigenvalue weighted by atomic mass is 10.1. The van der Waals surface area contributed by atoms with Crippen LogP contribution in [-0.4, -0.2) is 34.1 Å². The largest absolute Gasteiger partial charge is 0.462 e. The van der Waals surface area contributed by atoms with E-state index in [1.54, 1.807) is 24.3 Å². The zero-order valence-electron chi connectivity index (χ0n) is 23.6. The first-order valence-corrected chi connectivity index (χ1v) is 14.7. The van der Waals surface area contributed by atoms with E-state index < -0.39 is 24.1 Å². The number of unbranched alkanes of at least 4 members (excludes halogenated alkanes) is 9. The van der Waals surface area contributed by atoms with Crippen molar-refractivity contribution < 1.29 is 23.9 Å². The molecule has 0 saturated carbocycles. The van der Waals surface area contributed by atoms with Gasteiger partial charge in [0.05, 0.1) is 33.8 Å². The van der Waals surface area contributed by atoms with Gasteiger partial charge in [0, 0.05) is 7.05 Å². The van der Waals surface area contributed by atoms with E-state index in [-0.39, 0.29) is 34.3 Å². The molecule has 2 heterocycles. The van der Waals surface area contributed by atoms with E-state index in [1.165, 1.54) is 74.8 Å². The Labute approximate surface area is 244 Å². The highest BCUT2D eigenvalue weighted by Crippen LogP contribution is 2.35. The Balaban J connectivity index is 1.36. The van der Waals surface area contributed by atoms with Crippen LogP contribution in [0.2, 0.25) is 5.02 Å². The van der Waals surface area contributed by atoms with Crippen LogP contribution < -0.4 is 10.5 Å². The molecule has 9 nitrogen and oxygen atoms in total. The number of ether oxygens (including phenoxy) is 2. The molecule has 41 heavy (non-hydrogen) atoms. The lowest BCUT2D eigenvalue weighted by Crippen LogP contribution is -2.32. The van der Waals surface area contributed by atoms with Gasteiger partial charge in [0.15, 0.2) is 5.82 Å². The van der Waals surface area contributed by atoms with Gasteiger partial charge < -0.3 is 9.47 Å². The standard InChI is InChI=1S/C31H36ClN3O6/c1-3-4-5-6-7-8-9-10-11-14-19-40-30(38)21-17-18-23(32)25(20-21)35-29(37)26(41-31(35)39)27-33-24-16-13-12-15-22(24)28(36)34(27)2/h12-13,15-18,20,26H,3-11,14,19H2,1-2H3. The molecule has 0 bridgehead atoms. The number of imide groups is 1. The Hall–Kier alpha value is -3.72. The molecule has 1 aliphatic rings. The summed E-state index contributed by atoms with van der Waals surface area (Å²) in [5.41, 5.74) is 0.135. The van der Waals surface area contributed by atoms with E-state index in [0.29, 0.717) is 10.9 Å². The van der Waals surface area contributed by atoms with Gasteiger partial charge in [-0.2, -0.15) is 0 Å². The summed E-state index contributed by atoms with van der Waals surface area (Å²) in [7, 11) is 1.46. The van der Waals surface area contributed by atoms with Crippen LogP contribution in [0.25, 0.3) is 10.9 Å². The maximum Gasteiger partial charge on any atom is 0.422 e. The molecule has 1 aromatic heterocycles. The van der Waals surface area contributed by atoms with Crippen LogP contribution in [-0.2, 0) is 21.3 Å². The predicted octanol–water partition coefficient (Wildman–Crippen LogP) is 6.89. The molecule has 218 valence electrons. The van der Waals surface area contributed by atoms with E-state index >= 15 is 0 Å². The maximum atomic E-state index is 13.4. The van der Waals surface area contributed by atoms with Crippen LogP contribution in [0.15, 0.2) is 47.3 Å². The van der Waals surface area contributed by atoms with Crippen molar-refractivity contribution >= 4 is 46.2 Å². The van der Waals surface area contributed by atoms with Gasteiger partial charge in [-0.25, -0.2) is 19.5 Å². The Morgan fingerprint density at radius 3 is 2.32 bits per heavy atom. The minimum absolute atomic E-state index is 0.0108. The lowest BCUT2D eigenvalue weighted by Gasteiger charge is -2.15. The number of halogens is 1. The van der Waals surface area contributed by atoms with Crippen molar-refractivity contribution in [2.75, 3.05) is 11.5 Å². The summed E-state index contributed by atoms with van der Waals surface area (Å²) in [5, 5.41) is 0.446. The summed E-state index contributed by atoms with van der Waals surface area (Å²) in [4.78, 5) is 56.9. The van der Waals surface area contributed by atoms with Crippen molar-refractivity contribution in [1.29, 1.82) is 0 Å². The molecule has 0 radical (unpaired) electrons. The third kappa shape index (κ3) is 7.14. The number of hydrogen-bond acceptors (Lipinski definition) is 7. The monoisotopic (exact) mass is 581 g/mol. The van der Waals surface area contributed by atoms with E-state index in [1.807, 2.05) is 0 Å². The Kier molecular flexibility index (Phi) is 10.5. The molecule has 1 unspecified atom stereocenters. The SMILES string of the molecule is CCCCCCCCCCCCOC(=O)c1ccc(Cl)c(N2C(=O)OC(c3nc4ccccc4c(=O)n3C)C2=O)c1. The normalized spacial score (nSPS) is 15.0. The van der Waals surface area contributed by atoms with Crippen molar-refractivity contribution in [2.24, 2.45) is 7.05 Å². The van der Waals surface area contributed by atoms with Gasteiger partial charge in [0.1, 0.15) is 0 Å². The van der Waals surface area contributed by atoms with E-state index in [0.717, 1.165) is 24.2 Å².